The summed E-state index contributed by atoms with van der Waals surface area (Å²) in [5.74, 6) is -1.55. The molecule has 3 N–H and O–H groups in total. The van der Waals surface area contributed by atoms with Gasteiger partial charge in [0.25, 0.3) is 0 Å². The third-order valence-electron chi connectivity index (χ3n) is 8.14. The number of nitrogens with zero attached hydrogens (tertiary/aromatic N) is 2. The van der Waals surface area contributed by atoms with Gasteiger partial charge in [0.1, 0.15) is 27.7 Å². The lowest BCUT2D eigenvalue weighted by molar-refractivity contribution is -0.253. The Morgan fingerprint density at radius 1 is 1.09 bits per heavy atom. The lowest BCUT2D eigenvalue weighted by Crippen LogP contribution is -2.52. The molecule has 1 saturated heterocycles. The molecule has 2 amide bonds. The highest BCUT2D eigenvalue weighted by molar-refractivity contribution is 7.90. The van der Waals surface area contributed by atoms with E-state index in [0.29, 0.717) is 28.4 Å². The number of hydrogen-bond acceptors (Lipinski definition) is 7. The standard InChI is InChI=1S/C32H42F4N4O5S/c1-28(2,3)45-27(42)40-19-30(43,32(34,35)36)18-25(40)26(41)38-24-17-22(9-10-23(24)33)31(14-11-20-7-8-20,21-12-15-37-16-13-21)39-46(44)29(4,5)6/h9-10,12-13,15-17,20,25,39,43H,7-8,11,14,18-19H2,1-6H3,(H,38,41)/t25-,30-,31?,46-/m1/s1. The van der Waals surface area contributed by atoms with E-state index in [-0.39, 0.29) is 5.69 Å². The average Bonchev–Trinajstić information content (AvgIpc) is 3.69. The molecule has 2 fully saturated rings. The Kier molecular flexibility index (Phi) is 10.1. The number of β-amino-alcohol motifs (C(OH)–C–C–N with tert-alkyl or cyclic N) is 1. The summed E-state index contributed by atoms with van der Waals surface area (Å²) in [6.45, 7) is 8.71. The van der Waals surface area contributed by atoms with E-state index in [9.17, 15) is 32.4 Å². The van der Waals surface area contributed by atoms with E-state index < -0.39 is 75.9 Å². The first-order valence-corrected chi connectivity index (χ1v) is 16.3. The molecule has 4 atom stereocenters. The second-order valence-electron chi connectivity index (χ2n) is 14.1. The number of nitrogens with one attached hydrogen (secondary N) is 2. The third kappa shape index (κ3) is 8.12. The van der Waals surface area contributed by atoms with Crippen LogP contribution in [0.25, 0.3) is 0 Å². The zero-order valence-electron chi connectivity index (χ0n) is 26.8. The molecule has 4 rings (SSSR count). The van der Waals surface area contributed by atoms with Crippen molar-refractivity contribution in [3.8, 4) is 0 Å². The minimum absolute atomic E-state index is 0.359. The molecular weight excluding hydrogens is 628 g/mol. The van der Waals surface area contributed by atoms with E-state index in [4.69, 9.17) is 4.74 Å². The van der Waals surface area contributed by atoms with Crippen molar-refractivity contribution in [1.29, 1.82) is 0 Å². The van der Waals surface area contributed by atoms with Crippen molar-refractivity contribution in [2.24, 2.45) is 5.92 Å². The van der Waals surface area contributed by atoms with E-state index >= 15 is 4.39 Å². The molecule has 1 aliphatic heterocycles. The highest BCUT2D eigenvalue weighted by Gasteiger charge is 2.62. The highest BCUT2D eigenvalue weighted by Crippen LogP contribution is 2.44. The topological polar surface area (TPSA) is 127 Å². The van der Waals surface area contributed by atoms with Gasteiger partial charge in [-0.05, 0) is 95.7 Å². The van der Waals surface area contributed by atoms with Gasteiger partial charge in [-0.15, -0.1) is 4.72 Å². The van der Waals surface area contributed by atoms with Gasteiger partial charge in [0.15, 0.2) is 5.60 Å². The Bertz CT molecular complexity index is 1410. The smallest absolute Gasteiger partial charge is 0.419 e. The fourth-order valence-electron chi connectivity index (χ4n) is 5.34. The van der Waals surface area contributed by atoms with Gasteiger partial charge in [-0.3, -0.25) is 14.7 Å². The maximum Gasteiger partial charge on any atom is 0.419 e. The fraction of sp³-hybridized carbons (Fsp3) is 0.594. The Morgan fingerprint density at radius 3 is 2.26 bits per heavy atom. The molecule has 254 valence electrons. The maximum atomic E-state index is 15.4. The second kappa shape index (κ2) is 12.9. The first-order chi connectivity index (χ1) is 21.2. The summed E-state index contributed by atoms with van der Waals surface area (Å²) in [5, 5.41) is 12.8. The number of likely N-dealkylation sites (tertiary alicyclic amines) is 1. The van der Waals surface area contributed by atoms with E-state index in [0.717, 1.165) is 25.3 Å². The van der Waals surface area contributed by atoms with Crippen LogP contribution in [0.2, 0.25) is 0 Å². The zero-order valence-corrected chi connectivity index (χ0v) is 27.7. The van der Waals surface area contributed by atoms with Crippen molar-refractivity contribution in [3.05, 3.63) is 59.7 Å². The molecule has 1 unspecified atom stereocenters. The van der Waals surface area contributed by atoms with Crippen LogP contribution in [0.1, 0.15) is 84.8 Å². The minimum atomic E-state index is -5.16. The van der Waals surface area contributed by atoms with Crippen LogP contribution < -0.4 is 10.0 Å². The quantitative estimate of drug-likeness (QED) is 0.223. The number of rotatable bonds is 9. The van der Waals surface area contributed by atoms with Crippen molar-refractivity contribution in [2.75, 3.05) is 11.9 Å². The van der Waals surface area contributed by atoms with Gasteiger partial charge >= 0.3 is 12.3 Å². The second-order valence-corrected chi connectivity index (χ2v) is 16.1. The van der Waals surface area contributed by atoms with E-state index in [1.165, 1.54) is 32.9 Å². The van der Waals surface area contributed by atoms with E-state index in [1.54, 1.807) is 24.5 Å². The van der Waals surface area contributed by atoms with Crippen LogP contribution in [-0.4, -0.2) is 66.3 Å². The van der Waals surface area contributed by atoms with Crippen LogP contribution >= 0.6 is 0 Å². The van der Waals surface area contributed by atoms with Gasteiger partial charge in [-0.1, -0.05) is 18.9 Å². The first kappa shape index (κ1) is 35.9. The van der Waals surface area contributed by atoms with Gasteiger partial charge in [0, 0.05) is 30.2 Å². The molecule has 1 saturated carbocycles. The van der Waals surface area contributed by atoms with E-state index in [1.807, 2.05) is 20.8 Å². The molecule has 14 heteroatoms. The largest absolute Gasteiger partial charge is 0.598 e. The van der Waals surface area contributed by atoms with Crippen molar-refractivity contribution >= 4 is 29.0 Å². The Hall–Kier alpha value is -2.94. The fourth-order valence-corrected chi connectivity index (χ4v) is 6.30. The number of benzene rings is 1. The minimum Gasteiger partial charge on any atom is -0.598 e. The van der Waals surface area contributed by atoms with Gasteiger partial charge < -0.3 is 19.7 Å². The summed E-state index contributed by atoms with van der Waals surface area (Å²) >= 11 is -1.61. The zero-order chi connectivity index (χ0) is 34.3. The molecule has 1 aromatic heterocycles. The van der Waals surface area contributed by atoms with Crippen LogP contribution in [-0.2, 0) is 26.4 Å². The van der Waals surface area contributed by atoms with Gasteiger partial charge in [-0.25, -0.2) is 9.18 Å². The summed E-state index contributed by atoms with van der Waals surface area (Å²) in [5.41, 5.74) is -4.81. The number of aromatic nitrogens is 1. The predicted molar refractivity (Wildman–Crippen MR) is 165 cm³/mol. The Morgan fingerprint density at radius 2 is 1.72 bits per heavy atom. The molecule has 46 heavy (non-hydrogen) atoms. The number of alkyl halides is 3. The van der Waals surface area contributed by atoms with Crippen LogP contribution in [0.3, 0.4) is 0 Å². The third-order valence-corrected chi connectivity index (χ3v) is 9.78. The van der Waals surface area contributed by atoms with Crippen LogP contribution in [0, 0.1) is 11.7 Å². The number of pyridine rings is 1. The number of carbonyl (C=O) groups is 2. The van der Waals surface area contributed by atoms with Gasteiger partial charge in [0.05, 0.1) is 12.2 Å². The van der Waals surface area contributed by atoms with Crippen molar-refractivity contribution < 1.29 is 41.5 Å². The summed E-state index contributed by atoms with van der Waals surface area (Å²) in [6.07, 6.45) is -1.05. The van der Waals surface area contributed by atoms with Crippen molar-refractivity contribution in [2.45, 2.75) is 107 Å². The summed E-state index contributed by atoms with van der Waals surface area (Å²) in [7, 11) is 0. The monoisotopic (exact) mass is 670 g/mol. The molecule has 1 aliphatic carbocycles. The molecule has 1 aromatic carbocycles. The van der Waals surface area contributed by atoms with E-state index in [2.05, 4.69) is 15.0 Å². The first-order valence-electron chi connectivity index (χ1n) is 15.1. The maximum absolute atomic E-state index is 15.4. The average molecular weight is 671 g/mol. The predicted octanol–water partition coefficient (Wildman–Crippen LogP) is 5.95. The van der Waals surface area contributed by atoms with Gasteiger partial charge in [0.2, 0.25) is 5.91 Å². The Labute approximate surface area is 269 Å². The number of hydrogen-bond donors (Lipinski definition) is 3. The molecule has 9 nitrogen and oxygen atoms in total. The molecule has 2 heterocycles. The molecule has 2 aliphatic rings. The lowest BCUT2D eigenvalue weighted by Gasteiger charge is -2.39. The SMILES string of the molecule is CC(C)(C)OC(=O)N1C[C@@](O)(C(F)(F)F)C[C@@H]1C(=O)Nc1cc(C(CCC2CC2)(N[S@+]([O-])C(C)(C)C)c2ccncc2)ccc1F. The van der Waals surface area contributed by atoms with Crippen molar-refractivity contribution in [1.82, 2.24) is 14.6 Å². The molecule has 0 spiro atoms. The van der Waals surface area contributed by atoms with Crippen LogP contribution in [0.4, 0.5) is 28.0 Å². The molecule has 0 bridgehead atoms. The van der Waals surface area contributed by atoms with Crippen molar-refractivity contribution in [3.63, 3.8) is 0 Å². The number of ether oxygens (including phenoxy) is 1. The number of carbonyl (C=O) groups excluding carboxylic acids is 2. The van der Waals surface area contributed by atoms with Gasteiger partial charge in [-0.2, -0.15) is 13.2 Å². The number of anilines is 1. The number of halogens is 4. The number of amides is 2. The molecule has 2 aromatic rings. The summed E-state index contributed by atoms with van der Waals surface area (Å²) in [4.78, 5) is 31.1. The summed E-state index contributed by atoms with van der Waals surface area (Å²) in [6, 6.07) is 5.68. The Balaban J connectivity index is 1.74. The normalized spacial score (nSPS) is 22.7. The highest BCUT2D eigenvalue weighted by atomic mass is 32.2. The van der Waals surface area contributed by atoms with Crippen LogP contribution in [0.15, 0.2) is 42.7 Å². The summed E-state index contributed by atoms with van der Waals surface area (Å²) < 4.78 is 78.4. The molecule has 0 radical (unpaired) electrons. The number of aliphatic hydroxyl groups is 1. The molecular formula is C32H42F4N4O5S. The lowest BCUT2D eigenvalue weighted by atomic mass is 9.79. The van der Waals surface area contributed by atoms with Crippen LogP contribution in [0.5, 0.6) is 0 Å².